The number of hydrogen-bond donors (Lipinski definition) is 2. The molecule has 1 amide bonds. The van der Waals surface area contributed by atoms with Gasteiger partial charge < -0.3 is 10.6 Å². The number of aromatic nitrogens is 1. The Morgan fingerprint density at radius 3 is 3.10 bits per heavy atom. The van der Waals surface area contributed by atoms with E-state index in [2.05, 4.69) is 33.8 Å². The van der Waals surface area contributed by atoms with Crippen LogP contribution in [0.15, 0.2) is 36.5 Å². The van der Waals surface area contributed by atoms with Crippen LogP contribution in [-0.2, 0) is 11.2 Å². The first-order chi connectivity index (χ1) is 10.3. The molecule has 4 nitrogen and oxygen atoms in total. The third kappa shape index (κ3) is 3.39. The van der Waals surface area contributed by atoms with Crippen molar-refractivity contribution in [3.05, 3.63) is 42.1 Å². The Morgan fingerprint density at radius 2 is 2.24 bits per heavy atom. The van der Waals surface area contributed by atoms with E-state index in [0.29, 0.717) is 6.54 Å². The monoisotopic (exact) mass is 283 g/mol. The Bertz CT molecular complexity index is 615. The number of nitrogens with zero attached hydrogens (tertiary/aromatic N) is 1. The maximum Gasteiger partial charge on any atom is 0.224 e. The Hall–Kier alpha value is -1.94. The number of carbonyl (C=O) groups is 1. The number of para-hydroxylation sites is 1. The molecule has 0 bridgehead atoms. The van der Waals surface area contributed by atoms with Crippen molar-refractivity contribution in [2.45, 2.75) is 19.3 Å². The van der Waals surface area contributed by atoms with Gasteiger partial charge in [-0.15, -0.1) is 0 Å². The van der Waals surface area contributed by atoms with Gasteiger partial charge in [-0.05, 0) is 37.4 Å². The molecular weight excluding hydrogens is 262 g/mol. The summed E-state index contributed by atoms with van der Waals surface area (Å²) in [5, 5.41) is 7.49. The lowest BCUT2D eigenvalue weighted by molar-refractivity contribution is -0.125. The van der Waals surface area contributed by atoms with Crippen molar-refractivity contribution < 1.29 is 4.79 Å². The maximum atomic E-state index is 12.1. The fourth-order valence-corrected chi connectivity index (χ4v) is 2.91. The molecule has 1 fully saturated rings. The maximum absolute atomic E-state index is 12.1. The lowest BCUT2D eigenvalue weighted by atomic mass is 9.99. The second-order valence-corrected chi connectivity index (χ2v) is 5.58. The molecule has 0 radical (unpaired) electrons. The minimum atomic E-state index is 0.129. The van der Waals surface area contributed by atoms with E-state index in [0.717, 1.165) is 43.3 Å². The molecule has 0 aliphatic carbocycles. The average molecular weight is 283 g/mol. The Balaban J connectivity index is 1.58. The number of pyridine rings is 1. The van der Waals surface area contributed by atoms with Gasteiger partial charge in [0.15, 0.2) is 0 Å². The first-order valence-corrected chi connectivity index (χ1v) is 7.65. The quantitative estimate of drug-likeness (QED) is 0.901. The Labute approximate surface area is 125 Å². The van der Waals surface area contributed by atoms with Crippen LogP contribution in [0.1, 0.15) is 18.4 Å². The van der Waals surface area contributed by atoms with E-state index in [1.54, 1.807) is 0 Å². The number of hydrogen-bond acceptors (Lipinski definition) is 3. The van der Waals surface area contributed by atoms with E-state index in [-0.39, 0.29) is 11.8 Å². The molecule has 4 heteroatoms. The third-order valence-corrected chi connectivity index (χ3v) is 4.08. The molecule has 1 aromatic carbocycles. The van der Waals surface area contributed by atoms with Crippen molar-refractivity contribution in [2.75, 3.05) is 19.6 Å². The number of fused-ring (bicyclic) bond motifs is 1. The van der Waals surface area contributed by atoms with Crippen molar-refractivity contribution in [1.82, 2.24) is 15.6 Å². The molecule has 2 heterocycles. The summed E-state index contributed by atoms with van der Waals surface area (Å²) in [6.45, 7) is 2.51. The molecule has 0 saturated carbocycles. The first kappa shape index (κ1) is 14.0. The van der Waals surface area contributed by atoms with E-state index in [4.69, 9.17) is 0 Å². The van der Waals surface area contributed by atoms with Gasteiger partial charge in [0.25, 0.3) is 0 Å². The van der Waals surface area contributed by atoms with Crippen LogP contribution in [0.4, 0.5) is 0 Å². The Kier molecular flexibility index (Phi) is 4.46. The van der Waals surface area contributed by atoms with Gasteiger partial charge in [0.1, 0.15) is 0 Å². The van der Waals surface area contributed by atoms with Crippen LogP contribution in [0.25, 0.3) is 10.9 Å². The van der Waals surface area contributed by atoms with Gasteiger partial charge in [0, 0.05) is 24.7 Å². The van der Waals surface area contributed by atoms with Crippen LogP contribution < -0.4 is 10.6 Å². The summed E-state index contributed by atoms with van der Waals surface area (Å²) in [4.78, 5) is 16.5. The zero-order chi connectivity index (χ0) is 14.5. The van der Waals surface area contributed by atoms with E-state index < -0.39 is 0 Å². The molecule has 1 aromatic heterocycles. The summed E-state index contributed by atoms with van der Waals surface area (Å²) >= 11 is 0. The molecule has 0 unspecified atom stereocenters. The molecule has 1 aliphatic rings. The minimum Gasteiger partial charge on any atom is -0.355 e. The van der Waals surface area contributed by atoms with Gasteiger partial charge in [0.2, 0.25) is 5.91 Å². The van der Waals surface area contributed by atoms with Crippen LogP contribution in [0.5, 0.6) is 0 Å². The molecule has 2 aromatic rings. The number of carbonyl (C=O) groups excluding carboxylic acids is 1. The predicted octanol–water partition coefficient (Wildman–Crippen LogP) is 1.89. The van der Waals surface area contributed by atoms with Crippen LogP contribution in [0.3, 0.4) is 0 Å². The third-order valence-electron chi connectivity index (χ3n) is 4.08. The molecule has 1 aliphatic heterocycles. The lowest BCUT2D eigenvalue weighted by Gasteiger charge is -2.21. The normalized spacial score (nSPS) is 18.6. The van der Waals surface area contributed by atoms with E-state index in [9.17, 15) is 4.79 Å². The van der Waals surface area contributed by atoms with E-state index in [1.807, 2.05) is 18.3 Å². The second-order valence-electron chi connectivity index (χ2n) is 5.58. The summed E-state index contributed by atoms with van der Waals surface area (Å²) in [7, 11) is 0. The van der Waals surface area contributed by atoms with E-state index in [1.165, 1.54) is 5.56 Å². The van der Waals surface area contributed by atoms with Crippen LogP contribution in [-0.4, -0.2) is 30.5 Å². The fourth-order valence-electron chi connectivity index (χ4n) is 2.91. The summed E-state index contributed by atoms with van der Waals surface area (Å²) in [5.74, 6) is 0.305. The number of amides is 1. The lowest BCUT2D eigenvalue weighted by Crippen LogP contribution is -2.41. The zero-order valence-electron chi connectivity index (χ0n) is 12.1. The molecule has 2 N–H and O–H groups in total. The molecule has 0 spiro atoms. The van der Waals surface area contributed by atoms with Crippen molar-refractivity contribution >= 4 is 16.8 Å². The molecule has 3 rings (SSSR count). The molecule has 110 valence electrons. The number of benzene rings is 1. The summed E-state index contributed by atoms with van der Waals surface area (Å²) in [5.41, 5.74) is 2.23. The van der Waals surface area contributed by atoms with Gasteiger partial charge in [-0.25, -0.2) is 0 Å². The molecule has 1 atom stereocenters. The number of nitrogens with one attached hydrogen (secondary N) is 2. The minimum absolute atomic E-state index is 0.129. The largest absolute Gasteiger partial charge is 0.355 e. The second kappa shape index (κ2) is 6.68. The SMILES string of the molecule is O=C(NCCc1cccc2cccnc12)[C@@H]1CCCNC1. The smallest absolute Gasteiger partial charge is 0.224 e. The summed E-state index contributed by atoms with van der Waals surface area (Å²) in [6.07, 6.45) is 4.72. The van der Waals surface area contributed by atoms with Gasteiger partial charge >= 0.3 is 0 Å². The fraction of sp³-hybridized carbons (Fsp3) is 0.412. The van der Waals surface area contributed by atoms with E-state index >= 15 is 0 Å². The molecule has 21 heavy (non-hydrogen) atoms. The van der Waals surface area contributed by atoms with Crippen molar-refractivity contribution in [2.24, 2.45) is 5.92 Å². The first-order valence-electron chi connectivity index (χ1n) is 7.65. The predicted molar refractivity (Wildman–Crippen MR) is 84.1 cm³/mol. The van der Waals surface area contributed by atoms with Gasteiger partial charge in [-0.2, -0.15) is 0 Å². The van der Waals surface area contributed by atoms with Crippen molar-refractivity contribution in [3.63, 3.8) is 0 Å². The topological polar surface area (TPSA) is 54.0 Å². The zero-order valence-corrected chi connectivity index (χ0v) is 12.1. The average Bonchev–Trinajstić information content (AvgIpc) is 2.56. The Morgan fingerprint density at radius 1 is 1.33 bits per heavy atom. The van der Waals surface area contributed by atoms with Crippen molar-refractivity contribution in [1.29, 1.82) is 0 Å². The van der Waals surface area contributed by atoms with Crippen LogP contribution >= 0.6 is 0 Å². The van der Waals surface area contributed by atoms with Gasteiger partial charge in [-0.1, -0.05) is 24.3 Å². The van der Waals surface area contributed by atoms with Crippen LogP contribution in [0, 0.1) is 5.92 Å². The number of rotatable bonds is 4. The highest BCUT2D eigenvalue weighted by Gasteiger charge is 2.20. The molecule has 1 saturated heterocycles. The number of piperidine rings is 1. The van der Waals surface area contributed by atoms with Gasteiger partial charge in [-0.3, -0.25) is 9.78 Å². The molecular formula is C17H21N3O. The van der Waals surface area contributed by atoms with Crippen molar-refractivity contribution in [3.8, 4) is 0 Å². The van der Waals surface area contributed by atoms with Crippen LogP contribution in [0.2, 0.25) is 0 Å². The summed E-state index contributed by atoms with van der Waals surface area (Å²) in [6, 6.07) is 10.2. The highest BCUT2D eigenvalue weighted by atomic mass is 16.1. The summed E-state index contributed by atoms with van der Waals surface area (Å²) < 4.78 is 0. The highest BCUT2D eigenvalue weighted by molar-refractivity contribution is 5.82. The highest BCUT2D eigenvalue weighted by Crippen LogP contribution is 2.16. The van der Waals surface area contributed by atoms with Gasteiger partial charge in [0.05, 0.1) is 11.4 Å². The standard InChI is InChI=1S/C17H21N3O/c21-17(15-7-2-9-18-12-15)20-11-8-14-5-1-4-13-6-3-10-19-16(13)14/h1,3-6,10,15,18H,2,7-9,11-12H2,(H,20,21)/t15-/m1/s1.